The largest absolute Gasteiger partial charge is 0.0952 e. The number of hydrogen-bond acceptors (Lipinski definition) is 0. The van der Waals surface area contributed by atoms with Gasteiger partial charge >= 0.3 is 0 Å². The van der Waals surface area contributed by atoms with E-state index in [1.54, 1.807) is 0 Å². The fourth-order valence-corrected chi connectivity index (χ4v) is 1.57. The Morgan fingerprint density at radius 2 is 2.08 bits per heavy atom. The van der Waals surface area contributed by atoms with Crippen LogP contribution in [0.4, 0.5) is 0 Å². The Kier molecular flexibility index (Phi) is 2.69. The second-order valence-corrected chi connectivity index (χ2v) is 3.34. The lowest BCUT2D eigenvalue weighted by molar-refractivity contribution is 0.742. The van der Waals surface area contributed by atoms with Crippen LogP contribution in [0.2, 0.25) is 0 Å². The van der Waals surface area contributed by atoms with Crippen molar-refractivity contribution in [2.24, 2.45) is 5.92 Å². The third-order valence-electron chi connectivity index (χ3n) is 2.33. The van der Waals surface area contributed by atoms with E-state index in [1.165, 1.54) is 11.1 Å². The minimum Gasteiger partial charge on any atom is -0.0952 e. The zero-order chi connectivity index (χ0) is 9.14. The first-order chi connectivity index (χ1) is 5.66. The Balaban J connectivity index is 2.90. The molecule has 0 aliphatic heterocycles. The van der Waals surface area contributed by atoms with Crippen LogP contribution < -0.4 is 0 Å². The lowest BCUT2D eigenvalue weighted by Crippen LogP contribution is -1.88. The first-order valence-electron chi connectivity index (χ1n) is 4.37. The molecular weight excluding hydrogens is 144 g/mol. The number of allylic oxidation sites excluding steroid dienone is 6. The molecule has 64 valence electrons. The van der Waals surface area contributed by atoms with Gasteiger partial charge in [-0.25, -0.2) is 0 Å². The van der Waals surface area contributed by atoms with Gasteiger partial charge in [0.25, 0.3) is 0 Å². The third kappa shape index (κ3) is 1.58. The minimum absolute atomic E-state index is 0.598. The molecule has 0 aromatic heterocycles. The van der Waals surface area contributed by atoms with Crippen molar-refractivity contribution in [3.63, 3.8) is 0 Å². The summed E-state index contributed by atoms with van der Waals surface area (Å²) in [6.07, 6.45) is 7.32. The summed E-state index contributed by atoms with van der Waals surface area (Å²) in [4.78, 5) is 0. The van der Waals surface area contributed by atoms with Gasteiger partial charge in [0, 0.05) is 0 Å². The highest BCUT2D eigenvalue weighted by atomic mass is 14.3. The van der Waals surface area contributed by atoms with Crippen LogP contribution in [0.5, 0.6) is 0 Å². The van der Waals surface area contributed by atoms with Crippen LogP contribution in [0.1, 0.15) is 20.3 Å². The SMILES string of the molecule is C=C1CC(C)/C(=C/C=C\C)C1=C. The lowest BCUT2D eigenvalue weighted by Gasteiger charge is -2.01. The number of rotatable bonds is 1. The molecule has 12 heavy (non-hydrogen) atoms. The Bertz CT molecular complexity index is 264. The second kappa shape index (κ2) is 3.57. The average molecular weight is 160 g/mol. The van der Waals surface area contributed by atoms with Gasteiger partial charge < -0.3 is 0 Å². The van der Waals surface area contributed by atoms with E-state index in [0.717, 1.165) is 12.0 Å². The van der Waals surface area contributed by atoms with Crippen LogP contribution in [0.3, 0.4) is 0 Å². The quantitative estimate of drug-likeness (QED) is 0.549. The topological polar surface area (TPSA) is 0 Å². The summed E-state index contributed by atoms with van der Waals surface area (Å²) >= 11 is 0. The molecule has 1 rings (SSSR count). The summed E-state index contributed by atoms with van der Waals surface area (Å²) in [5.41, 5.74) is 3.68. The van der Waals surface area contributed by atoms with Crippen LogP contribution in [-0.2, 0) is 0 Å². The van der Waals surface area contributed by atoms with Gasteiger partial charge in [-0.2, -0.15) is 0 Å². The van der Waals surface area contributed by atoms with Crippen molar-refractivity contribution in [1.82, 2.24) is 0 Å². The highest BCUT2D eigenvalue weighted by Gasteiger charge is 2.22. The molecule has 0 bridgehead atoms. The highest BCUT2D eigenvalue weighted by molar-refractivity contribution is 5.51. The zero-order valence-electron chi connectivity index (χ0n) is 7.93. The van der Waals surface area contributed by atoms with E-state index in [1.807, 2.05) is 13.0 Å². The van der Waals surface area contributed by atoms with E-state index in [0.29, 0.717) is 5.92 Å². The molecule has 1 unspecified atom stereocenters. The van der Waals surface area contributed by atoms with Crippen molar-refractivity contribution in [3.8, 4) is 0 Å². The van der Waals surface area contributed by atoms with Gasteiger partial charge in [0.2, 0.25) is 0 Å². The van der Waals surface area contributed by atoms with Crippen molar-refractivity contribution < 1.29 is 0 Å². The molecule has 0 heterocycles. The normalized spacial score (nSPS) is 27.8. The van der Waals surface area contributed by atoms with Gasteiger partial charge in [-0.1, -0.05) is 38.3 Å². The van der Waals surface area contributed by atoms with Crippen molar-refractivity contribution in [3.05, 3.63) is 48.1 Å². The van der Waals surface area contributed by atoms with Crippen LogP contribution in [0.15, 0.2) is 48.1 Å². The van der Waals surface area contributed by atoms with Crippen LogP contribution in [0.25, 0.3) is 0 Å². The van der Waals surface area contributed by atoms with Gasteiger partial charge in [0.05, 0.1) is 0 Å². The minimum atomic E-state index is 0.598. The van der Waals surface area contributed by atoms with E-state index in [-0.39, 0.29) is 0 Å². The third-order valence-corrected chi connectivity index (χ3v) is 2.33. The maximum Gasteiger partial charge on any atom is -0.0144 e. The van der Waals surface area contributed by atoms with E-state index >= 15 is 0 Å². The molecule has 0 aromatic rings. The fraction of sp³-hybridized carbons (Fsp3) is 0.333. The second-order valence-electron chi connectivity index (χ2n) is 3.34. The lowest BCUT2D eigenvalue weighted by atomic mass is 10.0. The van der Waals surface area contributed by atoms with Gasteiger partial charge in [-0.15, -0.1) is 0 Å². The van der Waals surface area contributed by atoms with Crippen molar-refractivity contribution in [1.29, 1.82) is 0 Å². The standard InChI is InChI=1S/C12H16/c1-5-6-7-12-10(3)8-9(2)11(12)4/h5-7,10H,2,4,8H2,1,3H3/b6-5-,12-7-. The molecule has 1 aliphatic carbocycles. The highest BCUT2D eigenvalue weighted by Crippen LogP contribution is 2.37. The molecule has 1 aliphatic rings. The van der Waals surface area contributed by atoms with Crippen LogP contribution in [0, 0.1) is 5.92 Å². The Labute approximate surface area is 75.0 Å². The summed E-state index contributed by atoms with van der Waals surface area (Å²) in [7, 11) is 0. The molecule has 1 saturated carbocycles. The molecule has 0 radical (unpaired) electrons. The summed E-state index contributed by atoms with van der Waals surface area (Å²) in [5.74, 6) is 0.598. The molecule has 0 N–H and O–H groups in total. The van der Waals surface area contributed by atoms with Crippen LogP contribution in [-0.4, -0.2) is 0 Å². The smallest absolute Gasteiger partial charge is 0.0144 e. The molecule has 0 aromatic carbocycles. The molecule has 0 spiro atoms. The molecular formula is C12H16. The molecule has 0 heteroatoms. The Morgan fingerprint density at radius 3 is 2.50 bits per heavy atom. The summed E-state index contributed by atoms with van der Waals surface area (Å²) < 4.78 is 0. The average Bonchev–Trinajstić information content (AvgIpc) is 2.25. The predicted octanol–water partition coefficient (Wildman–Crippen LogP) is 3.64. The van der Waals surface area contributed by atoms with Crippen molar-refractivity contribution in [2.75, 3.05) is 0 Å². The summed E-state index contributed by atoms with van der Waals surface area (Å²) in [6, 6.07) is 0. The molecule has 1 fully saturated rings. The Morgan fingerprint density at radius 1 is 1.42 bits per heavy atom. The van der Waals surface area contributed by atoms with E-state index < -0.39 is 0 Å². The van der Waals surface area contributed by atoms with Gasteiger partial charge in [-0.3, -0.25) is 0 Å². The van der Waals surface area contributed by atoms with Crippen LogP contribution >= 0.6 is 0 Å². The van der Waals surface area contributed by atoms with Gasteiger partial charge in [0.1, 0.15) is 0 Å². The Hall–Kier alpha value is -1.04. The summed E-state index contributed by atoms with van der Waals surface area (Å²) in [6.45, 7) is 12.2. The maximum atomic E-state index is 4.02. The molecule has 0 amide bonds. The predicted molar refractivity (Wildman–Crippen MR) is 55.0 cm³/mol. The summed E-state index contributed by atoms with van der Waals surface area (Å²) in [5, 5.41) is 0. The maximum absolute atomic E-state index is 4.02. The van der Waals surface area contributed by atoms with Crippen molar-refractivity contribution in [2.45, 2.75) is 20.3 Å². The van der Waals surface area contributed by atoms with Gasteiger partial charge in [0.15, 0.2) is 0 Å². The van der Waals surface area contributed by atoms with Crippen molar-refractivity contribution >= 4 is 0 Å². The molecule has 0 saturated heterocycles. The first kappa shape index (κ1) is 9.05. The fourth-order valence-electron chi connectivity index (χ4n) is 1.57. The monoisotopic (exact) mass is 160 g/mol. The number of hydrogen-bond donors (Lipinski definition) is 0. The van der Waals surface area contributed by atoms with E-state index in [2.05, 4.69) is 32.2 Å². The van der Waals surface area contributed by atoms with E-state index in [4.69, 9.17) is 0 Å². The van der Waals surface area contributed by atoms with Gasteiger partial charge in [-0.05, 0) is 36.0 Å². The first-order valence-corrected chi connectivity index (χ1v) is 4.37. The molecule has 0 nitrogen and oxygen atoms in total. The zero-order valence-corrected chi connectivity index (χ0v) is 7.93. The van der Waals surface area contributed by atoms with E-state index in [9.17, 15) is 0 Å². The molecule has 1 atom stereocenters.